The topological polar surface area (TPSA) is 35.8 Å². The van der Waals surface area contributed by atoms with Crippen LogP contribution in [0.1, 0.15) is 26.2 Å². The van der Waals surface area contributed by atoms with Crippen LogP contribution in [0.3, 0.4) is 0 Å². The third-order valence-corrected chi connectivity index (χ3v) is 3.54. The smallest absolute Gasteiger partial charge is 0.0638 e. The number of nitrogens with one attached hydrogen (secondary N) is 1. The van der Waals surface area contributed by atoms with Crippen LogP contribution in [-0.4, -0.2) is 12.6 Å². The number of fused-ring (bicyclic) bond motifs is 2. The summed E-state index contributed by atoms with van der Waals surface area (Å²) < 4.78 is 0. The second kappa shape index (κ2) is 4.14. The molecule has 1 fully saturated rings. The molecule has 2 aliphatic rings. The minimum Gasteiger partial charge on any atom is -0.313 e. The number of nitriles is 1. The third kappa shape index (κ3) is 1.99. The van der Waals surface area contributed by atoms with E-state index in [1.165, 1.54) is 12.8 Å². The number of rotatable bonds is 4. The SMILES string of the molecule is CC(CC#N)NCC1CC2C=CC1C2. The van der Waals surface area contributed by atoms with E-state index in [2.05, 4.69) is 30.5 Å². The molecule has 1 N–H and O–H groups in total. The Kier molecular flexibility index (Phi) is 2.88. The normalized spacial score (nSPS) is 35.9. The van der Waals surface area contributed by atoms with E-state index >= 15 is 0 Å². The molecule has 2 nitrogen and oxygen atoms in total. The molecule has 4 unspecified atom stereocenters. The molecule has 76 valence electrons. The molecule has 2 rings (SSSR count). The minimum atomic E-state index is 0.350. The van der Waals surface area contributed by atoms with Crippen molar-refractivity contribution in [1.82, 2.24) is 5.32 Å². The van der Waals surface area contributed by atoms with Crippen molar-refractivity contribution >= 4 is 0 Å². The summed E-state index contributed by atoms with van der Waals surface area (Å²) in [5.41, 5.74) is 0. The first-order valence-electron chi connectivity index (χ1n) is 5.58. The van der Waals surface area contributed by atoms with Crippen molar-refractivity contribution in [2.75, 3.05) is 6.54 Å². The summed E-state index contributed by atoms with van der Waals surface area (Å²) in [7, 11) is 0. The van der Waals surface area contributed by atoms with Gasteiger partial charge in [0.25, 0.3) is 0 Å². The van der Waals surface area contributed by atoms with Crippen LogP contribution in [0.4, 0.5) is 0 Å². The van der Waals surface area contributed by atoms with E-state index < -0.39 is 0 Å². The van der Waals surface area contributed by atoms with E-state index in [1.807, 2.05) is 0 Å². The minimum absolute atomic E-state index is 0.350. The molecule has 2 bridgehead atoms. The fraction of sp³-hybridized carbons (Fsp3) is 0.750. The van der Waals surface area contributed by atoms with Crippen LogP contribution < -0.4 is 5.32 Å². The van der Waals surface area contributed by atoms with Crippen LogP contribution in [0.5, 0.6) is 0 Å². The first-order chi connectivity index (χ1) is 6.79. The second-order valence-corrected chi connectivity index (χ2v) is 4.71. The zero-order chi connectivity index (χ0) is 9.97. The third-order valence-electron chi connectivity index (χ3n) is 3.54. The fourth-order valence-electron chi connectivity index (χ4n) is 2.69. The van der Waals surface area contributed by atoms with E-state index in [4.69, 9.17) is 5.26 Å². The Balaban J connectivity index is 1.72. The van der Waals surface area contributed by atoms with Gasteiger partial charge in [0, 0.05) is 6.04 Å². The van der Waals surface area contributed by atoms with Crippen molar-refractivity contribution in [3.8, 4) is 6.07 Å². The Labute approximate surface area is 86.0 Å². The van der Waals surface area contributed by atoms with Gasteiger partial charge in [0.2, 0.25) is 0 Å². The monoisotopic (exact) mass is 190 g/mol. The van der Waals surface area contributed by atoms with Crippen LogP contribution >= 0.6 is 0 Å². The van der Waals surface area contributed by atoms with Gasteiger partial charge in [-0.05, 0) is 44.1 Å². The number of hydrogen-bond acceptors (Lipinski definition) is 2. The summed E-state index contributed by atoms with van der Waals surface area (Å²) in [6, 6.07) is 2.55. The van der Waals surface area contributed by atoms with Gasteiger partial charge in [-0.1, -0.05) is 12.2 Å². The molecule has 0 radical (unpaired) electrons. The summed E-state index contributed by atoms with van der Waals surface area (Å²) in [5, 5.41) is 12.0. The Morgan fingerprint density at radius 2 is 2.36 bits per heavy atom. The highest BCUT2D eigenvalue weighted by atomic mass is 14.9. The van der Waals surface area contributed by atoms with Crippen LogP contribution in [-0.2, 0) is 0 Å². The maximum atomic E-state index is 8.53. The van der Waals surface area contributed by atoms with Gasteiger partial charge in [0.15, 0.2) is 0 Å². The van der Waals surface area contributed by atoms with E-state index in [9.17, 15) is 0 Å². The standard InChI is InChI=1S/C12H18N2/c1-9(4-5-13)14-8-12-7-10-2-3-11(12)6-10/h2-3,9-12,14H,4,6-8H2,1H3. The van der Waals surface area contributed by atoms with Crippen molar-refractivity contribution in [3.05, 3.63) is 12.2 Å². The Morgan fingerprint density at radius 3 is 2.93 bits per heavy atom. The summed E-state index contributed by atoms with van der Waals surface area (Å²) in [5.74, 6) is 2.51. The quantitative estimate of drug-likeness (QED) is 0.689. The zero-order valence-electron chi connectivity index (χ0n) is 8.74. The molecule has 0 aromatic carbocycles. The van der Waals surface area contributed by atoms with Gasteiger partial charge in [-0.3, -0.25) is 0 Å². The molecule has 14 heavy (non-hydrogen) atoms. The van der Waals surface area contributed by atoms with Crippen LogP contribution in [0.15, 0.2) is 12.2 Å². The highest BCUT2D eigenvalue weighted by Gasteiger charge is 2.35. The number of allylic oxidation sites excluding steroid dienone is 2. The molecule has 0 spiro atoms. The van der Waals surface area contributed by atoms with Gasteiger partial charge in [-0.2, -0.15) is 5.26 Å². The molecule has 2 heteroatoms. The van der Waals surface area contributed by atoms with Crippen molar-refractivity contribution < 1.29 is 0 Å². The molecule has 0 heterocycles. The molecular formula is C12H18N2. The lowest BCUT2D eigenvalue weighted by Crippen LogP contribution is -2.32. The van der Waals surface area contributed by atoms with Gasteiger partial charge < -0.3 is 5.32 Å². The van der Waals surface area contributed by atoms with Crippen molar-refractivity contribution in [2.24, 2.45) is 17.8 Å². The lowest BCUT2D eigenvalue weighted by atomic mass is 9.93. The summed E-state index contributed by atoms with van der Waals surface area (Å²) >= 11 is 0. The molecule has 2 aliphatic carbocycles. The molecule has 4 atom stereocenters. The highest BCUT2D eigenvalue weighted by Crippen LogP contribution is 2.42. The van der Waals surface area contributed by atoms with Gasteiger partial charge in [-0.15, -0.1) is 0 Å². The zero-order valence-corrected chi connectivity index (χ0v) is 8.74. The molecule has 1 saturated carbocycles. The van der Waals surface area contributed by atoms with Crippen LogP contribution in [0.2, 0.25) is 0 Å². The van der Waals surface area contributed by atoms with Gasteiger partial charge >= 0.3 is 0 Å². The fourth-order valence-corrected chi connectivity index (χ4v) is 2.69. The van der Waals surface area contributed by atoms with Gasteiger partial charge in [0.05, 0.1) is 12.5 Å². The van der Waals surface area contributed by atoms with E-state index in [-0.39, 0.29) is 0 Å². The molecule has 0 aliphatic heterocycles. The van der Waals surface area contributed by atoms with E-state index in [1.54, 1.807) is 0 Å². The first kappa shape index (κ1) is 9.73. The largest absolute Gasteiger partial charge is 0.313 e. The van der Waals surface area contributed by atoms with Crippen LogP contribution in [0, 0.1) is 29.1 Å². The highest BCUT2D eigenvalue weighted by molar-refractivity contribution is 5.10. The number of hydrogen-bond donors (Lipinski definition) is 1. The Hall–Kier alpha value is -0.810. The summed E-state index contributed by atoms with van der Waals surface area (Å²) in [4.78, 5) is 0. The maximum Gasteiger partial charge on any atom is 0.0638 e. The maximum absolute atomic E-state index is 8.53. The average Bonchev–Trinajstić information content (AvgIpc) is 2.76. The lowest BCUT2D eigenvalue weighted by Gasteiger charge is -2.20. The predicted molar refractivity (Wildman–Crippen MR) is 56.5 cm³/mol. The first-order valence-corrected chi connectivity index (χ1v) is 5.58. The molecular weight excluding hydrogens is 172 g/mol. The molecule has 0 aromatic heterocycles. The van der Waals surface area contributed by atoms with Gasteiger partial charge in [0.1, 0.15) is 0 Å². The predicted octanol–water partition coefficient (Wildman–Crippen LogP) is 2.09. The van der Waals surface area contributed by atoms with Crippen molar-refractivity contribution in [1.29, 1.82) is 5.26 Å². The number of nitrogens with zero attached hydrogens (tertiary/aromatic N) is 1. The van der Waals surface area contributed by atoms with Crippen LogP contribution in [0.25, 0.3) is 0 Å². The summed E-state index contributed by atoms with van der Waals surface area (Å²) in [6.45, 7) is 3.18. The second-order valence-electron chi connectivity index (χ2n) is 4.71. The van der Waals surface area contributed by atoms with Crippen molar-refractivity contribution in [3.63, 3.8) is 0 Å². The van der Waals surface area contributed by atoms with E-state index in [0.29, 0.717) is 12.5 Å². The molecule has 0 saturated heterocycles. The molecule has 0 amide bonds. The Morgan fingerprint density at radius 1 is 1.50 bits per heavy atom. The molecule has 0 aromatic rings. The van der Waals surface area contributed by atoms with Crippen molar-refractivity contribution in [2.45, 2.75) is 32.2 Å². The van der Waals surface area contributed by atoms with E-state index in [0.717, 1.165) is 24.3 Å². The lowest BCUT2D eigenvalue weighted by molar-refractivity contribution is 0.391. The van der Waals surface area contributed by atoms with Gasteiger partial charge in [-0.25, -0.2) is 0 Å². The average molecular weight is 190 g/mol. The summed E-state index contributed by atoms with van der Waals surface area (Å²) in [6.07, 6.45) is 8.11. The Bertz CT molecular complexity index is 264.